The van der Waals surface area contributed by atoms with Crippen LogP contribution in [-0.4, -0.2) is 77.2 Å². The molecule has 6 rings (SSSR count). The Morgan fingerprint density at radius 2 is 1.51 bits per heavy atom. The molecule has 3 heterocycles. The molecule has 0 unspecified atom stereocenters. The summed E-state index contributed by atoms with van der Waals surface area (Å²) in [4.78, 5) is 36.2. The van der Waals surface area contributed by atoms with Crippen molar-refractivity contribution in [2.24, 2.45) is 7.05 Å². The molecule has 278 valence electrons. The second-order valence-electron chi connectivity index (χ2n) is 12.7. The second kappa shape index (κ2) is 14.8. The van der Waals surface area contributed by atoms with Crippen LogP contribution in [0.1, 0.15) is 37.5 Å². The van der Waals surface area contributed by atoms with Gasteiger partial charge in [0.25, 0.3) is 11.8 Å². The summed E-state index contributed by atoms with van der Waals surface area (Å²) in [7, 11) is 3.31. The van der Waals surface area contributed by atoms with Crippen molar-refractivity contribution in [3.05, 3.63) is 113 Å². The van der Waals surface area contributed by atoms with Gasteiger partial charge < -0.3 is 23.8 Å². The molecular weight excluding hydrogens is 704 g/mol. The fourth-order valence-electron chi connectivity index (χ4n) is 6.21. The Kier molecular flexibility index (Phi) is 10.4. The molecule has 0 spiro atoms. The van der Waals surface area contributed by atoms with Crippen molar-refractivity contribution < 1.29 is 45.4 Å². The molecule has 5 aromatic rings. The molecular formula is C38H35F6N5O4. The zero-order valence-corrected chi connectivity index (χ0v) is 29.0. The number of rotatable bonds is 9. The number of piperazine rings is 1. The third-order valence-electron chi connectivity index (χ3n) is 9.11. The van der Waals surface area contributed by atoms with Crippen LogP contribution in [0.2, 0.25) is 0 Å². The molecule has 0 atom stereocenters. The molecule has 1 aliphatic rings. The number of nitrogens with zero attached hydrogens (tertiary/aromatic N) is 5. The highest BCUT2D eigenvalue weighted by atomic mass is 19.4. The average Bonchev–Trinajstić information content (AvgIpc) is 3.38. The number of halogens is 6. The van der Waals surface area contributed by atoms with Gasteiger partial charge in [-0.15, -0.1) is 0 Å². The first-order valence-corrected chi connectivity index (χ1v) is 16.6. The number of alkyl halides is 6. The summed E-state index contributed by atoms with van der Waals surface area (Å²) in [5.41, 5.74) is 2.76. The van der Waals surface area contributed by atoms with Gasteiger partial charge in [-0.25, -0.2) is 4.98 Å². The minimum Gasteiger partial charge on any atom is -0.484 e. The Balaban J connectivity index is 1.06. The molecule has 3 aromatic carbocycles. The molecule has 53 heavy (non-hydrogen) atoms. The van der Waals surface area contributed by atoms with E-state index in [4.69, 9.17) is 9.47 Å². The number of anilines is 1. The third kappa shape index (κ3) is 8.57. The van der Waals surface area contributed by atoms with Gasteiger partial charge in [-0.05, 0) is 72.6 Å². The molecule has 1 fully saturated rings. The van der Waals surface area contributed by atoms with Crippen LogP contribution in [0.3, 0.4) is 0 Å². The van der Waals surface area contributed by atoms with Crippen molar-refractivity contribution in [1.29, 1.82) is 0 Å². The number of hydrogen-bond acceptors (Lipinski definition) is 6. The van der Waals surface area contributed by atoms with E-state index in [1.54, 1.807) is 30.3 Å². The first-order chi connectivity index (χ1) is 25.1. The van der Waals surface area contributed by atoms with Gasteiger partial charge >= 0.3 is 12.4 Å². The second-order valence-corrected chi connectivity index (χ2v) is 12.7. The Bertz CT molecular complexity index is 2090. The summed E-state index contributed by atoms with van der Waals surface area (Å²) in [5.74, 6) is 0.268. The summed E-state index contributed by atoms with van der Waals surface area (Å²) in [6.07, 6.45) is -7.48. The van der Waals surface area contributed by atoms with Crippen LogP contribution in [0.5, 0.6) is 17.4 Å². The van der Waals surface area contributed by atoms with E-state index in [0.717, 1.165) is 46.3 Å². The Morgan fingerprint density at radius 1 is 0.849 bits per heavy atom. The number of amides is 2. The van der Waals surface area contributed by atoms with Gasteiger partial charge in [-0.3, -0.25) is 14.5 Å². The van der Waals surface area contributed by atoms with Gasteiger partial charge in [0, 0.05) is 69.9 Å². The van der Waals surface area contributed by atoms with Crippen LogP contribution in [0, 0.1) is 6.92 Å². The van der Waals surface area contributed by atoms with Gasteiger partial charge in [0.15, 0.2) is 6.61 Å². The molecule has 2 aromatic heterocycles. The number of aromatic nitrogens is 2. The average molecular weight is 740 g/mol. The zero-order chi connectivity index (χ0) is 38.1. The third-order valence-corrected chi connectivity index (χ3v) is 9.11. The Hall–Kier alpha value is -5.57. The maximum Gasteiger partial charge on any atom is 0.422 e. The number of carbonyl (C=O) groups excluding carboxylic acids is 2. The van der Waals surface area contributed by atoms with Gasteiger partial charge in [0.1, 0.15) is 17.2 Å². The number of pyridine rings is 1. The van der Waals surface area contributed by atoms with Crippen LogP contribution in [0.15, 0.2) is 85.1 Å². The minimum absolute atomic E-state index is 0.0928. The van der Waals surface area contributed by atoms with E-state index >= 15 is 0 Å². The van der Waals surface area contributed by atoms with Crippen LogP contribution >= 0.6 is 0 Å². The lowest BCUT2D eigenvalue weighted by molar-refractivity contribution is -0.153. The molecule has 0 saturated carbocycles. The van der Waals surface area contributed by atoms with E-state index in [1.807, 2.05) is 35.6 Å². The van der Waals surface area contributed by atoms with Crippen LogP contribution < -0.4 is 14.4 Å². The topological polar surface area (TPSA) is 80.1 Å². The number of benzene rings is 3. The maximum absolute atomic E-state index is 13.8. The van der Waals surface area contributed by atoms with E-state index in [9.17, 15) is 35.9 Å². The van der Waals surface area contributed by atoms with Crippen LogP contribution in [-0.2, 0) is 19.8 Å². The largest absolute Gasteiger partial charge is 0.484 e. The quantitative estimate of drug-likeness (QED) is 0.143. The molecule has 0 N–H and O–H groups in total. The predicted octanol–water partition coefficient (Wildman–Crippen LogP) is 7.87. The minimum atomic E-state index is -4.50. The van der Waals surface area contributed by atoms with Gasteiger partial charge in [0.2, 0.25) is 5.88 Å². The first-order valence-electron chi connectivity index (χ1n) is 16.6. The van der Waals surface area contributed by atoms with Crippen molar-refractivity contribution >= 4 is 28.4 Å². The molecule has 15 heteroatoms. The van der Waals surface area contributed by atoms with Crippen LogP contribution in [0.25, 0.3) is 10.9 Å². The van der Waals surface area contributed by atoms with E-state index < -0.39 is 30.4 Å². The fraction of sp³-hybridized carbons (Fsp3) is 0.289. The molecule has 0 bridgehead atoms. The normalized spacial score (nSPS) is 14.0. The predicted molar refractivity (Wildman–Crippen MR) is 185 cm³/mol. The van der Waals surface area contributed by atoms with E-state index in [-0.39, 0.29) is 23.1 Å². The van der Waals surface area contributed by atoms with E-state index in [1.165, 1.54) is 30.3 Å². The lowest BCUT2D eigenvalue weighted by Gasteiger charge is -2.35. The van der Waals surface area contributed by atoms with Gasteiger partial charge in [0.05, 0.1) is 23.0 Å². The lowest BCUT2D eigenvalue weighted by atomic mass is 10.1. The Morgan fingerprint density at radius 3 is 2.11 bits per heavy atom. The highest BCUT2D eigenvalue weighted by Gasteiger charge is 2.31. The lowest BCUT2D eigenvalue weighted by Crippen LogP contribution is -2.48. The van der Waals surface area contributed by atoms with Crippen molar-refractivity contribution in [2.75, 3.05) is 44.7 Å². The highest BCUT2D eigenvalue weighted by Crippen LogP contribution is 2.32. The summed E-state index contributed by atoms with van der Waals surface area (Å²) < 4.78 is 88.6. The number of carbonyl (C=O) groups is 2. The maximum atomic E-state index is 13.8. The summed E-state index contributed by atoms with van der Waals surface area (Å²) >= 11 is 0. The smallest absolute Gasteiger partial charge is 0.422 e. The van der Waals surface area contributed by atoms with E-state index in [0.29, 0.717) is 49.9 Å². The number of aryl methyl sites for hydroxylation is 2. The van der Waals surface area contributed by atoms with E-state index in [2.05, 4.69) is 9.88 Å². The van der Waals surface area contributed by atoms with Crippen molar-refractivity contribution in [1.82, 2.24) is 19.4 Å². The van der Waals surface area contributed by atoms with Gasteiger partial charge in [-0.1, -0.05) is 12.1 Å². The number of ether oxygens (including phenoxy) is 2. The van der Waals surface area contributed by atoms with Crippen LogP contribution in [0.4, 0.5) is 32.0 Å². The summed E-state index contributed by atoms with van der Waals surface area (Å²) in [6, 6.07) is 19.1. The molecule has 0 aliphatic carbocycles. The zero-order valence-electron chi connectivity index (χ0n) is 29.0. The molecule has 1 aliphatic heterocycles. The number of fused-ring (bicyclic) bond motifs is 1. The molecule has 1 saturated heterocycles. The van der Waals surface area contributed by atoms with Crippen molar-refractivity contribution in [3.63, 3.8) is 0 Å². The molecule has 0 radical (unpaired) electrons. The fourth-order valence-corrected chi connectivity index (χ4v) is 6.21. The monoisotopic (exact) mass is 739 g/mol. The Labute approximate surface area is 300 Å². The summed E-state index contributed by atoms with van der Waals surface area (Å²) in [6.45, 7) is 3.42. The van der Waals surface area contributed by atoms with Crippen molar-refractivity contribution in [2.45, 2.75) is 25.8 Å². The standard InChI is InChI=1S/C38H35F6N5O4/c1-24-31-14-13-30(53-33-15-10-28(21-45-33)46(2)35(50)26-6-8-27(9-7-26)38(42,43)44)20-32(31)47(3)34(24)36(51)49-18-16-48(17-19-49)22-25-4-11-29(12-5-25)52-23-37(39,40)41/h4-15,20-21H,16-19,22-23H2,1-3H3. The SMILES string of the molecule is Cc1c(C(=O)N2CCN(Cc3ccc(OCC(F)(F)F)cc3)CC2)n(C)c2cc(Oc3ccc(N(C)C(=O)c4ccc(C(F)(F)F)cc4)cn3)ccc12. The highest BCUT2D eigenvalue weighted by molar-refractivity contribution is 6.05. The molecule has 2 amide bonds. The van der Waals surface area contributed by atoms with Crippen molar-refractivity contribution in [3.8, 4) is 17.4 Å². The summed E-state index contributed by atoms with van der Waals surface area (Å²) in [5, 5.41) is 0.885. The number of hydrogen-bond donors (Lipinski definition) is 0. The van der Waals surface area contributed by atoms with Gasteiger partial charge in [-0.2, -0.15) is 26.3 Å². The first kappa shape index (κ1) is 37.2. The molecule has 9 nitrogen and oxygen atoms in total.